The molecule has 1 nitrogen and oxygen atoms in total. The summed E-state index contributed by atoms with van der Waals surface area (Å²) in [5.41, 5.74) is 5.43. The molecule has 0 amide bonds. The molecule has 1 atom stereocenters. The summed E-state index contributed by atoms with van der Waals surface area (Å²) in [5, 5.41) is 0.0457. The van der Waals surface area contributed by atoms with Gasteiger partial charge in [0.25, 0.3) is 0 Å². The molecule has 0 saturated heterocycles. The van der Waals surface area contributed by atoms with Crippen molar-refractivity contribution in [1.82, 2.24) is 4.98 Å². The highest BCUT2D eigenvalue weighted by Gasteiger charge is 2.38. The molecule has 0 aliphatic rings. The topological polar surface area (TPSA) is 12.9 Å². The highest BCUT2D eigenvalue weighted by Crippen LogP contribution is 2.43. The van der Waals surface area contributed by atoms with Crippen LogP contribution in [0.3, 0.4) is 0 Å². The van der Waals surface area contributed by atoms with Crippen LogP contribution in [0.15, 0.2) is 42.6 Å². The lowest BCUT2D eigenvalue weighted by atomic mass is 9.40. The Hall–Kier alpha value is -1.44. The van der Waals surface area contributed by atoms with Crippen molar-refractivity contribution in [3.63, 3.8) is 0 Å². The fourth-order valence-electron chi connectivity index (χ4n) is 2.99. The van der Waals surface area contributed by atoms with E-state index in [0.717, 1.165) is 5.69 Å². The summed E-state index contributed by atoms with van der Waals surface area (Å²) < 4.78 is 0. The van der Waals surface area contributed by atoms with Gasteiger partial charge in [0.05, 0.1) is 5.69 Å². The van der Waals surface area contributed by atoms with E-state index in [1.54, 1.807) is 0 Å². The van der Waals surface area contributed by atoms with Gasteiger partial charge < -0.3 is 0 Å². The maximum absolute atomic E-state index is 4.85. The van der Waals surface area contributed by atoms with Gasteiger partial charge in [-0.05, 0) is 33.8 Å². The van der Waals surface area contributed by atoms with Crippen molar-refractivity contribution in [3.8, 4) is 11.3 Å². The van der Waals surface area contributed by atoms with Crippen LogP contribution in [-0.2, 0) is 5.21 Å². The molecule has 130 valence electrons. The van der Waals surface area contributed by atoms with E-state index in [1.165, 1.54) is 16.7 Å². The minimum atomic E-state index is 0.0457. The Balaban J connectivity index is 2.69. The van der Waals surface area contributed by atoms with Crippen LogP contribution in [0.1, 0.15) is 58.5 Å². The Morgan fingerprint density at radius 2 is 1.48 bits per heavy atom. The fraction of sp³-hybridized carbons (Fsp3) is 0.476. The molecule has 0 bridgehead atoms. The van der Waals surface area contributed by atoms with E-state index in [9.17, 15) is 0 Å². The Bertz CT molecular complexity index is 725. The third-order valence-electron chi connectivity index (χ3n) is 6.32. The molecule has 1 aromatic carbocycles. The number of benzene rings is 1. The van der Waals surface area contributed by atoms with Gasteiger partial charge in [-0.1, -0.05) is 77.1 Å². The van der Waals surface area contributed by atoms with Gasteiger partial charge in [-0.3, -0.25) is 4.98 Å². The number of pyridine rings is 1. The largest absolute Gasteiger partial charge is 0.256 e. The van der Waals surface area contributed by atoms with E-state index in [-0.39, 0.29) is 16.0 Å². The molecular formula is C21H32B3N. The maximum atomic E-state index is 4.85. The number of hydrogen-bond acceptors (Lipinski definition) is 1. The molecule has 4 heteroatoms. The Kier molecular flexibility index (Phi) is 5.33. The average Bonchev–Trinajstić information content (AvgIpc) is 2.52. The predicted octanol–water partition coefficient (Wildman–Crippen LogP) is 2.93. The van der Waals surface area contributed by atoms with Gasteiger partial charge in [0, 0.05) is 11.8 Å². The summed E-state index contributed by atoms with van der Waals surface area (Å²) in [6.07, 6.45) is 2.13. The standard InChI is InChI=1S/C21H32B3N/c1-19(2,3)18(22)15-12-17(14-10-8-7-9-11-14)25-13-16(15)21(23,24)20(4,5)6/h7-13,18H,22-24H2,1-6H3. The molecule has 1 aromatic heterocycles. The summed E-state index contributed by atoms with van der Waals surface area (Å²) in [5.74, 6) is 0.453. The zero-order valence-electron chi connectivity index (χ0n) is 17.6. The van der Waals surface area contributed by atoms with Crippen molar-refractivity contribution in [2.45, 2.75) is 52.6 Å². The van der Waals surface area contributed by atoms with Crippen molar-refractivity contribution in [2.24, 2.45) is 10.8 Å². The van der Waals surface area contributed by atoms with Crippen LogP contribution in [-0.4, -0.2) is 28.5 Å². The highest BCUT2D eigenvalue weighted by molar-refractivity contribution is 6.41. The van der Waals surface area contributed by atoms with Crippen LogP contribution in [0, 0.1) is 10.8 Å². The van der Waals surface area contributed by atoms with Crippen molar-refractivity contribution in [1.29, 1.82) is 0 Å². The first-order valence-corrected chi connectivity index (χ1v) is 9.41. The molecule has 0 spiro atoms. The first-order valence-electron chi connectivity index (χ1n) is 9.41. The second kappa shape index (κ2) is 6.70. The second-order valence-corrected chi connectivity index (χ2v) is 9.99. The molecule has 0 saturated carbocycles. The summed E-state index contributed by atoms with van der Waals surface area (Å²) in [6.45, 7) is 14.0. The zero-order chi connectivity index (χ0) is 19.0. The molecule has 2 aromatic rings. The summed E-state index contributed by atoms with van der Waals surface area (Å²) in [4.78, 5) is 4.85. The van der Waals surface area contributed by atoms with Crippen LogP contribution < -0.4 is 0 Å². The van der Waals surface area contributed by atoms with Crippen molar-refractivity contribution in [2.75, 3.05) is 0 Å². The number of nitrogens with zero attached hydrogens (tertiary/aromatic N) is 1. The van der Waals surface area contributed by atoms with Crippen LogP contribution in [0.4, 0.5) is 0 Å². The fourth-order valence-corrected chi connectivity index (χ4v) is 2.99. The minimum absolute atomic E-state index is 0.0457. The lowest BCUT2D eigenvalue weighted by Crippen LogP contribution is -2.43. The van der Waals surface area contributed by atoms with Gasteiger partial charge in [-0.25, -0.2) is 0 Å². The van der Waals surface area contributed by atoms with Crippen molar-refractivity contribution >= 4 is 23.5 Å². The average molecular weight is 331 g/mol. The van der Waals surface area contributed by atoms with E-state index in [4.69, 9.17) is 4.98 Å². The number of rotatable bonds is 3. The quantitative estimate of drug-likeness (QED) is 0.789. The van der Waals surface area contributed by atoms with E-state index >= 15 is 0 Å². The van der Waals surface area contributed by atoms with Gasteiger partial charge in [-0.15, -0.1) is 0 Å². The van der Waals surface area contributed by atoms with E-state index in [1.807, 2.05) is 0 Å². The lowest BCUT2D eigenvalue weighted by molar-refractivity contribution is 0.348. The molecule has 2 rings (SSSR count). The number of hydrogen-bond donors (Lipinski definition) is 0. The van der Waals surface area contributed by atoms with Gasteiger partial charge in [0.2, 0.25) is 0 Å². The molecule has 1 unspecified atom stereocenters. The lowest BCUT2D eigenvalue weighted by Gasteiger charge is -2.43. The van der Waals surface area contributed by atoms with E-state index < -0.39 is 0 Å². The van der Waals surface area contributed by atoms with E-state index in [2.05, 4.69) is 108 Å². The molecule has 0 N–H and O–H groups in total. The zero-order valence-corrected chi connectivity index (χ0v) is 17.6. The van der Waals surface area contributed by atoms with Gasteiger partial charge in [0.15, 0.2) is 0 Å². The molecule has 0 aliphatic carbocycles. The Labute approximate surface area is 157 Å². The second-order valence-electron chi connectivity index (χ2n) is 9.99. The Morgan fingerprint density at radius 1 is 0.920 bits per heavy atom. The number of aromatic nitrogens is 1. The molecule has 0 radical (unpaired) electrons. The maximum Gasteiger partial charge on any atom is 0.111 e. The van der Waals surface area contributed by atoms with Crippen LogP contribution in [0.2, 0.25) is 0 Å². The highest BCUT2D eigenvalue weighted by atomic mass is 14.7. The third-order valence-corrected chi connectivity index (χ3v) is 6.32. The third kappa shape index (κ3) is 4.05. The Morgan fingerprint density at radius 3 is 1.96 bits per heavy atom. The van der Waals surface area contributed by atoms with Gasteiger partial charge in [0.1, 0.15) is 23.5 Å². The predicted molar refractivity (Wildman–Crippen MR) is 119 cm³/mol. The summed E-state index contributed by atoms with van der Waals surface area (Å²) >= 11 is 0. The van der Waals surface area contributed by atoms with Crippen molar-refractivity contribution in [3.05, 3.63) is 53.7 Å². The SMILES string of the molecule is BC(c1cc(-c2ccccc2)ncc1C(B)(B)C(C)(C)C)C(C)(C)C. The summed E-state index contributed by atoms with van der Waals surface area (Å²) in [6, 6.07) is 12.8. The summed E-state index contributed by atoms with van der Waals surface area (Å²) in [7, 11) is 7.06. The van der Waals surface area contributed by atoms with Crippen LogP contribution in [0.5, 0.6) is 0 Å². The molecule has 0 aliphatic heterocycles. The molecular weight excluding hydrogens is 299 g/mol. The van der Waals surface area contributed by atoms with Gasteiger partial charge >= 0.3 is 0 Å². The van der Waals surface area contributed by atoms with Crippen LogP contribution >= 0.6 is 0 Å². The smallest absolute Gasteiger partial charge is 0.111 e. The van der Waals surface area contributed by atoms with Crippen LogP contribution in [0.25, 0.3) is 11.3 Å². The minimum Gasteiger partial charge on any atom is -0.256 e. The van der Waals surface area contributed by atoms with E-state index in [0.29, 0.717) is 5.82 Å². The first-order chi connectivity index (χ1) is 11.4. The molecule has 25 heavy (non-hydrogen) atoms. The first kappa shape index (κ1) is 19.9. The monoisotopic (exact) mass is 331 g/mol. The normalized spacial score (nSPS) is 14.3. The van der Waals surface area contributed by atoms with Crippen molar-refractivity contribution < 1.29 is 0 Å². The van der Waals surface area contributed by atoms with Gasteiger partial charge in [-0.2, -0.15) is 0 Å². The molecule has 1 heterocycles. The molecule has 0 fully saturated rings.